The summed E-state index contributed by atoms with van der Waals surface area (Å²) in [5, 5.41) is 8.87. The molecule has 0 aliphatic carbocycles. The first-order valence-corrected chi connectivity index (χ1v) is 3.19. The average molecular weight is 161 g/mol. The van der Waals surface area contributed by atoms with Gasteiger partial charge in [0, 0.05) is 7.05 Å². The van der Waals surface area contributed by atoms with Crippen LogP contribution in [0, 0.1) is 0 Å². The first kappa shape index (κ1) is 9.90. The molecule has 0 aromatic carbocycles. The molecule has 5 nitrogen and oxygen atoms in total. The molecule has 0 bridgehead atoms. The number of carbonyl (C=O) groups excluding carboxylic acids is 2. The van der Waals surface area contributed by atoms with Crippen LogP contribution in [0.3, 0.4) is 0 Å². The Morgan fingerprint density at radius 1 is 1.55 bits per heavy atom. The lowest BCUT2D eigenvalue weighted by Gasteiger charge is -2.06. The normalized spacial score (nSPS) is 9.00. The van der Waals surface area contributed by atoms with Crippen LogP contribution in [0.5, 0.6) is 0 Å². The zero-order valence-corrected chi connectivity index (χ0v) is 6.53. The van der Waals surface area contributed by atoms with E-state index in [-0.39, 0.29) is 6.61 Å². The summed E-state index contributed by atoms with van der Waals surface area (Å²) in [7, 11) is 1.15. The van der Waals surface area contributed by atoms with Gasteiger partial charge < -0.3 is 4.74 Å². The second-order valence-electron chi connectivity index (χ2n) is 1.90. The van der Waals surface area contributed by atoms with Crippen LogP contribution in [0.1, 0.15) is 13.3 Å². The fraction of sp³-hybridized carbons (Fsp3) is 0.667. The van der Waals surface area contributed by atoms with Crippen molar-refractivity contribution < 1.29 is 19.5 Å². The minimum atomic E-state index is -0.677. The summed E-state index contributed by atoms with van der Waals surface area (Å²) >= 11 is 0. The molecule has 0 aromatic heterocycles. The van der Waals surface area contributed by atoms with E-state index in [9.17, 15) is 9.59 Å². The summed E-state index contributed by atoms with van der Waals surface area (Å²) in [5.74, 6) is -1.30. The second-order valence-corrected chi connectivity index (χ2v) is 1.90. The SMILES string of the molecule is CCOC(=O)CC(=O)N(C)O. The molecule has 5 heteroatoms. The van der Waals surface area contributed by atoms with Crippen molar-refractivity contribution in [3.63, 3.8) is 0 Å². The molecule has 0 aromatic rings. The van der Waals surface area contributed by atoms with Crippen LogP contribution < -0.4 is 0 Å². The molecule has 0 heterocycles. The Morgan fingerprint density at radius 3 is 2.45 bits per heavy atom. The van der Waals surface area contributed by atoms with Crippen LogP contribution in [0.2, 0.25) is 0 Å². The van der Waals surface area contributed by atoms with Crippen molar-refractivity contribution in [3.8, 4) is 0 Å². The quantitative estimate of drug-likeness (QED) is 0.269. The predicted octanol–water partition coefficient (Wildman–Crippen LogP) is -0.213. The van der Waals surface area contributed by atoms with Crippen LogP contribution in [0.15, 0.2) is 0 Å². The lowest BCUT2D eigenvalue weighted by Crippen LogP contribution is -2.25. The second kappa shape index (κ2) is 4.68. The van der Waals surface area contributed by atoms with Crippen molar-refractivity contribution in [3.05, 3.63) is 0 Å². The molecule has 0 saturated carbocycles. The maximum absolute atomic E-state index is 10.6. The number of hydrogen-bond donors (Lipinski definition) is 1. The van der Waals surface area contributed by atoms with Gasteiger partial charge in [-0.3, -0.25) is 14.8 Å². The maximum atomic E-state index is 10.6. The summed E-state index contributed by atoms with van der Waals surface area (Å²) in [6.07, 6.45) is -0.416. The summed E-state index contributed by atoms with van der Waals surface area (Å²) in [4.78, 5) is 21.2. The zero-order chi connectivity index (χ0) is 8.85. The lowest BCUT2D eigenvalue weighted by atomic mass is 10.4. The Bertz CT molecular complexity index is 155. The molecule has 64 valence electrons. The number of esters is 1. The van der Waals surface area contributed by atoms with Gasteiger partial charge in [0.1, 0.15) is 6.42 Å². The van der Waals surface area contributed by atoms with E-state index >= 15 is 0 Å². The molecule has 0 fully saturated rings. The van der Waals surface area contributed by atoms with Gasteiger partial charge in [-0.25, -0.2) is 5.06 Å². The largest absolute Gasteiger partial charge is 0.466 e. The van der Waals surface area contributed by atoms with Crippen molar-refractivity contribution in [2.45, 2.75) is 13.3 Å². The molecule has 0 unspecified atom stereocenters. The van der Waals surface area contributed by atoms with Crippen LogP contribution in [-0.2, 0) is 14.3 Å². The fourth-order valence-electron chi connectivity index (χ4n) is 0.450. The Balaban J connectivity index is 3.67. The predicted molar refractivity (Wildman–Crippen MR) is 35.8 cm³/mol. The minimum Gasteiger partial charge on any atom is -0.466 e. The van der Waals surface area contributed by atoms with Crippen molar-refractivity contribution in [1.82, 2.24) is 5.06 Å². The standard InChI is InChI=1S/C6H11NO4/c1-3-11-6(9)4-5(8)7(2)10/h10H,3-4H2,1-2H3. The van der Waals surface area contributed by atoms with Crippen molar-refractivity contribution in [2.75, 3.05) is 13.7 Å². The highest BCUT2D eigenvalue weighted by Gasteiger charge is 2.12. The van der Waals surface area contributed by atoms with Crippen LogP contribution in [0.4, 0.5) is 0 Å². The zero-order valence-electron chi connectivity index (χ0n) is 6.53. The van der Waals surface area contributed by atoms with E-state index in [1.54, 1.807) is 6.92 Å². The third-order valence-electron chi connectivity index (χ3n) is 0.962. The molecule has 11 heavy (non-hydrogen) atoms. The Morgan fingerprint density at radius 2 is 2.09 bits per heavy atom. The molecule has 0 radical (unpaired) electrons. The van der Waals surface area contributed by atoms with Crippen molar-refractivity contribution in [2.24, 2.45) is 0 Å². The Kier molecular flexibility index (Phi) is 4.21. The van der Waals surface area contributed by atoms with Gasteiger partial charge in [-0.15, -0.1) is 0 Å². The number of hydrogen-bond acceptors (Lipinski definition) is 4. The van der Waals surface area contributed by atoms with Crippen molar-refractivity contribution in [1.29, 1.82) is 0 Å². The van der Waals surface area contributed by atoms with Gasteiger partial charge in [0.25, 0.3) is 5.91 Å². The number of amides is 1. The molecular weight excluding hydrogens is 150 g/mol. The molecule has 0 rings (SSSR count). The van der Waals surface area contributed by atoms with E-state index in [4.69, 9.17) is 5.21 Å². The molecular formula is C6H11NO4. The molecule has 0 aliphatic heterocycles. The first-order chi connectivity index (χ1) is 5.07. The third kappa shape index (κ3) is 4.32. The van der Waals surface area contributed by atoms with Gasteiger partial charge in [-0.05, 0) is 6.92 Å². The number of rotatable bonds is 3. The van der Waals surface area contributed by atoms with Gasteiger partial charge in [0.05, 0.1) is 6.61 Å². The molecule has 1 amide bonds. The van der Waals surface area contributed by atoms with Gasteiger partial charge in [0.2, 0.25) is 0 Å². The molecule has 0 saturated heterocycles. The van der Waals surface area contributed by atoms with Crippen LogP contribution >= 0.6 is 0 Å². The van der Waals surface area contributed by atoms with Gasteiger partial charge in [-0.1, -0.05) is 0 Å². The molecule has 0 spiro atoms. The van der Waals surface area contributed by atoms with Crippen LogP contribution in [0.25, 0.3) is 0 Å². The molecule has 1 N–H and O–H groups in total. The topological polar surface area (TPSA) is 66.8 Å². The summed E-state index contributed by atoms with van der Waals surface area (Å²) < 4.78 is 4.47. The summed E-state index contributed by atoms with van der Waals surface area (Å²) in [6.45, 7) is 1.88. The van der Waals surface area contributed by atoms with Gasteiger partial charge >= 0.3 is 5.97 Å². The van der Waals surface area contributed by atoms with E-state index in [2.05, 4.69) is 4.74 Å². The van der Waals surface area contributed by atoms with Crippen molar-refractivity contribution >= 4 is 11.9 Å². The number of hydroxylamine groups is 2. The highest BCUT2D eigenvalue weighted by Crippen LogP contribution is 1.90. The smallest absolute Gasteiger partial charge is 0.315 e. The van der Waals surface area contributed by atoms with E-state index in [0.29, 0.717) is 5.06 Å². The van der Waals surface area contributed by atoms with Gasteiger partial charge in [0.15, 0.2) is 0 Å². The monoisotopic (exact) mass is 161 g/mol. The minimum absolute atomic E-state index is 0.237. The lowest BCUT2D eigenvalue weighted by molar-refractivity contribution is -0.164. The third-order valence-corrected chi connectivity index (χ3v) is 0.962. The van der Waals surface area contributed by atoms with E-state index in [0.717, 1.165) is 7.05 Å². The van der Waals surface area contributed by atoms with Crippen LogP contribution in [-0.4, -0.2) is 35.8 Å². The molecule has 0 aliphatic rings. The van der Waals surface area contributed by atoms with E-state index in [1.165, 1.54) is 0 Å². The highest BCUT2D eigenvalue weighted by atomic mass is 16.5. The maximum Gasteiger partial charge on any atom is 0.315 e. The number of ether oxygens (including phenoxy) is 1. The van der Waals surface area contributed by atoms with E-state index < -0.39 is 18.3 Å². The fourth-order valence-corrected chi connectivity index (χ4v) is 0.450. The summed E-state index contributed by atoms with van der Waals surface area (Å²) in [6, 6.07) is 0. The highest BCUT2D eigenvalue weighted by molar-refractivity contribution is 5.93. The van der Waals surface area contributed by atoms with E-state index in [1.807, 2.05) is 0 Å². The Labute approximate surface area is 64.5 Å². The Hall–Kier alpha value is -1.10. The number of nitrogens with zero attached hydrogens (tertiary/aromatic N) is 1. The molecule has 0 atom stereocenters. The summed E-state index contributed by atoms with van der Waals surface area (Å²) in [5.41, 5.74) is 0. The average Bonchev–Trinajstić information content (AvgIpc) is 1.87. The first-order valence-electron chi connectivity index (χ1n) is 3.19. The van der Waals surface area contributed by atoms with Gasteiger partial charge in [-0.2, -0.15) is 0 Å². The number of carbonyl (C=O) groups is 2.